The zero-order valence-electron chi connectivity index (χ0n) is 13.2. The number of alkyl halides is 3. The van der Waals surface area contributed by atoms with Crippen molar-refractivity contribution < 1.29 is 27.5 Å². The Kier molecular flexibility index (Phi) is 4.02. The molecule has 7 heteroatoms. The van der Waals surface area contributed by atoms with Gasteiger partial charge in [0.2, 0.25) is 0 Å². The van der Waals surface area contributed by atoms with E-state index in [0.29, 0.717) is 11.1 Å². The maximum atomic E-state index is 12.8. The highest BCUT2D eigenvalue weighted by Gasteiger charge is 2.42. The first-order chi connectivity index (χ1) is 11.7. The molecular weight excluding hydrogens is 335 g/mol. The highest BCUT2D eigenvalue weighted by atomic mass is 19.4. The van der Waals surface area contributed by atoms with E-state index in [1.165, 1.54) is 19.1 Å². The van der Waals surface area contributed by atoms with E-state index in [4.69, 9.17) is 4.74 Å². The maximum Gasteiger partial charge on any atom is 0.416 e. The molecule has 0 unspecified atom stereocenters. The van der Waals surface area contributed by atoms with Crippen LogP contribution in [0.1, 0.15) is 28.4 Å². The van der Waals surface area contributed by atoms with Crippen molar-refractivity contribution in [2.45, 2.75) is 25.1 Å². The van der Waals surface area contributed by atoms with Gasteiger partial charge in [-0.05, 0) is 36.8 Å². The van der Waals surface area contributed by atoms with E-state index >= 15 is 0 Å². The van der Waals surface area contributed by atoms with E-state index in [0.717, 1.165) is 12.1 Å². The van der Waals surface area contributed by atoms with E-state index in [1.54, 1.807) is 24.3 Å². The van der Waals surface area contributed by atoms with Gasteiger partial charge in [0.25, 0.3) is 5.91 Å². The molecule has 0 radical (unpaired) electrons. The summed E-state index contributed by atoms with van der Waals surface area (Å²) in [5, 5.41) is 2.40. The molecule has 1 heterocycles. The fourth-order valence-corrected chi connectivity index (χ4v) is 2.70. The van der Waals surface area contributed by atoms with Crippen molar-refractivity contribution >= 4 is 17.6 Å². The number of cyclic esters (lactones) is 1. The summed E-state index contributed by atoms with van der Waals surface area (Å²) in [6.07, 6.45) is -4.37. The summed E-state index contributed by atoms with van der Waals surface area (Å²) in [5.74, 6) is -1.32. The Bertz CT molecular complexity index is 847. The van der Waals surface area contributed by atoms with Crippen LogP contribution in [-0.4, -0.2) is 17.5 Å². The van der Waals surface area contributed by atoms with E-state index in [1.807, 2.05) is 0 Å². The largest absolute Gasteiger partial charge is 0.445 e. The van der Waals surface area contributed by atoms with Gasteiger partial charge in [0.1, 0.15) is 0 Å². The second kappa shape index (κ2) is 5.91. The van der Waals surface area contributed by atoms with E-state index in [9.17, 15) is 22.8 Å². The topological polar surface area (TPSA) is 55.4 Å². The van der Waals surface area contributed by atoms with Crippen molar-refractivity contribution in [3.05, 3.63) is 65.2 Å². The van der Waals surface area contributed by atoms with Crippen molar-refractivity contribution in [2.75, 3.05) is 5.32 Å². The van der Waals surface area contributed by atoms with Crippen molar-refractivity contribution in [1.82, 2.24) is 0 Å². The number of hydrogen-bond donors (Lipinski definition) is 1. The highest BCUT2D eigenvalue weighted by molar-refractivity contribution is 6.02. The zero-order valence-corrected chi connectivity index (χ0v) is 13.2. The molecule has 0 bridgehead atoms. The normalized spacial score (nSPS) is 19.8. The van der Waals surface area contributed by atoms with Crippen LogP contribution in [0.2, 0.25) is 0 Å². The van der Waals surface area contributed by atoms with Crippen LogP contribution in [0.15, 0.2) is 48.5 Å². The highest BCUT2D eigenvalue weighted by Crippen LogP contribution is 2.32. The van der Waals surface area contributed by atoms with Gasteiger partial charge in [0.05, 0.1) is 11.1 Å². The van der Waals surface area contributed by atoms with Gasteiger partial charge in [0, 0.05) is 12.1 Å². The zero-order chi connectivity index (χ0) is 18.2. The van der Waals surface area contributed by atoms with Crippen LogP contribution in [0.4, 0.5) is 18.9 Å². The Hall–Kier alpha value is -2.83. The van der Waals surface area contributed by atoms with Crippen LogP contribution >= 0.6 is 0 Å². The number of ether oxygens (including phenoxy) is 1. The molecule has 0 spiro atoms. The molecule has 25 heavy (non-hydrogen) atoms. The summed E-state index contributed by atoms with van der Waals surface area (Å²) in [4.78, 5) is 24.6. The summed E-state index contributed by atoms with van der Waals surface area (Å²) in [6, 6.07) is 11.0. The van der Waals surface area contributed by atoms with Crippen molar-refractivity contribution in [2.24, 2.45) is 0 Å². The summed E-state index contributed by atoms with van der Waals surface area (Å²) < 4.78 is 43.6. The predicted octanol–water partition coefficient (Wildman–Crippen LogP) is 3.82. The molecule has 2 aromatic carbocycles. The van der Waals surface area contributed by atoms with Gasteiger partial charge >= 0.3 is 12.1 Å². The first-order valence-electron chi connectivity index (χ1n) is 7.49. The fraction of sp³-hybridized carbons (Fsp3) is 0.222. The maximum absolute atomic E-state index is 12.8. The molecule has 130 valence electrons. The number of nitrogens with one attached hydrogen (secondary N) is 1. The molecule has 0 aliphatic carbocycles. The molecule has 3 rings (SSSR count). The minimum atomic E-state index is -4.51. The minimum Gasteiger partial charge on any atom is -0.445 e. The SMILES string of the molecule is C[C@]1(C(=O)Nc2cccc(C(F)(F)F)c2)Cc2ccccc2C(=O)O1. The second-order valence-corrected chi connectivity index (χ2v) is 5.99. The number of fused-ring (bicyclic) bond motifs is 1. The molecule has 1 atom stereocenters. The quantitative estimate of drug-likeness (QED) is 0.839. The number of rotatable bonds is 2. The van der Waals surface area contributed by atoms with Crippen LogP contribution in [0.25, 0.3) is 0 Å². The Labute approximate surface area is 141 Å². The van der Waals surface area contributed by atoms with Gasteiger partial charge in [-0.2, -0.15) is 13.2 Å². The molecule has 2 aromatic rings. The molecule has 0 aromatic heterocycles. The Morgan fingerprint density at radius 1 is 1.16 bits per heavy atom. The number of esters is 1. The van der Waals surface area contributed by atoms with Gasteiger partial charge in [-0.15, -0.1) is 0 Å². The van der Waals surface area contributed by atoms with Crippen LogP contribution in [0.5, 0.6) is 0 Å². The molecule has 0 saturated heterocycles. The molecule has 0 saturated carbocycles. The number of amides is 1. The lowest BCUT2D eigenvalue weighted by Crippen LogP contribution is -2.48. The summed E-state index contributed by atoms with van der Waals surface area (Å²) in [5.41, 5.74) is -1.36. The van der Waals surface area contributed by atoms with Crippen molar-refractivity contribution in [1.29, 1.82) is 0 Å². The molecular formula is C18H14F3NO3. The lowest BCUT2D eigenvalue weighted by molar-refractivity contribution is -0.137. The first-order valence-corrected chi connectivity index (χ1v) is 7.49. The van der Waals surface area contributed by atoms with Gasteiger partial charge in [0.15, 0.2) is 5.60 Å². The Morgan fingerprint density at radius 3 is 2.60 bits per heavy atom. The molecule has 1 amide bonds. The van der Waals surface area contributed by atoms with Crippen LogP contribution < -0.4 is 5.32 Å². The molecule has 1 aliphatic rings. The molecule has 0 fully saturated rings. The smallest absolute Gasteiger partial charge is 0.416 e. The summed E-state index contributed by atoms with van der Waals surface area (Å²) in [7, 11) is 0. The van der Waals surface area contributed by atoms with Gasteiger partial charge in [-0.25, -0.2) is 4.79 Å². The molecule has 4 nitrogen and oxygen atoms in total. The van der Waals surface area contributed by atoms with Gasteiger partial charge in [-0.3, -0.25) is 4.79 Å². The fourth-order valence-electron chi connectivity index (χ4n) is 2.70. The van der Waals surface area contributed by atoms with E-state index in [2.05, 4.69) is 5.32 Å². The lowest BCUT2D eigenvalue weighted by Gasteiger charge is -2.33. The number of carbonyl (C=O) groups is 2. The third-order valence-corrected chi connectivity index (χ3v) is 4.01. The van der Waals surface area contributed by atoms with Crippen LogP contribution in [-0.2, 0) is 22.1 Å². The average Bonchev–Trinajstić information content (AvgIpc) is 2.54. The second-order valence-electron chi connectivity index (χ2n) is 5.99. The lowest BCUT2D eigenvalue weighted by atomic mass is 9.89. The number of hydrogen-bond acceptors (Lipinski definition) is 3. The first kappa shape index (κ1) is 17.0. The molecule has 1 aliphatic heterocycles. The van der Waals surface area contributed by atoms with Gasteiger partial charge < -0.3 is 10.1 Å². The predicted molar refractivity (Wildman–Crippen MR) is 84.0 cm³/mol. The van der Waals surface area contributed by atoms with E-state index < -0.39 is 29.2 Å². The number of carbonyl (C=O) groups excluding carboxylic acids is 2. The van der Waals surface area contributed by atoms with Crippen molar-refractivity contribution in [3.8, 4) is 0 Å². The van der Waals surface area contributed by atoms with E-state index in [-0.39, 0.29) is 12.1 Å². The summed E-state index contributed by atoms with van der Waals surface area (Å²) in [6.45, 7) is 1.43. The number of halogens is 3. The number of benzene rings is 2. The third kappa shape index (κ3) is 3.35. The average molecular weight is 349 g/mol. The van der Waals surface area contributed by atoms with Gasteiger partial charge in [-0.1, -0.05) is 24.3 Å². The minimum absolute atomic E-state index is 0.0176. The standard InChI is InChI=1S/C18H14F3NO3/c1-17(10-11-5-2-3-8-14(11)15(23)25-17)16(24)22-13-7-4-6-12(9-13)18(19,20)21/h2-9H,10H2,1H3,(H,22,24)/t17-/m1/s1. The number of anilines is 1. The summed E-state index contributed by atoms with van der Waals surface area (Å²) >= 11 is 0. The monoisotopic (exact) mass is 349 g/mol. The Morgan fingerprint density at radius 2 is 1.88 bits per heavy atom. The van der Waals surface area contributed by atoms with Crippen molar-refractivity contribution in [3.63, 3.8) is 0 Å². The molecule has 1 N–H and O–H groups in total. The van der Waals surface area contributed by atoms with Crippen LogP contribution in [0.3, 0.4) is 0 Å². The van der Waals surface area contributed by atoms with Crippen LogP contribution in [0, 0.1) is 0 Å². The third-order valence-electron chi connectivity index (χ3n) is 4.01. The Balaban J connectivity index is 1.83.